The van der Waals surface area contributed by atoms with E-state index in [0.717, 1.165) is 16.5 Å². The lowest BCUT2D eigenvalue weighted by atomic mass is 10.0. The maximum absolute atomic E-state index is 12.7. The van der Waals surface area contributed by atoms with E-state index in [-0.39, 0.29) is 18.8 Å². The second-order valence-corrected chi connectivity index (χ2v) is 9.96. The molecule has 0 N–H and O–H groups in total. The highest BCUT2D eigenvalue weighted by Crippen LogP contribution is 2.37. The number of aromatic nitrogens is 4. The average molecular weight is 561 g/mol. The summed E-state index contributed by atoms with van der Waals surface area (Å²) in [5.74, 6) is 1.75. The van der Waals surface area contributed by atoms with Crippen LogP contribution in [0.4, 0.5) is 0 Å². The number of pyridine rings is 1. The first-order chi connectivity index (χ1) is 19.0. The van der Waals surface area contributed by atoms with Crippen LogP contribution in [-0.2, 0) is 13.0 Å². The number of rotatable bonds is 9. The Morgan fingerprint density at radius 3 is 2.72 bits per heavy atom. The van der Waals surface area contributed by atoms with Gasteiger partial charge in [0, 0.05) is 30.3 Å². The summed E-state index contributed by atoms with van der Waals surface area (Å²) >= 11 is 7.17. The number of furan rings is 1. The molecule has 0 aliphatic carbocycles. The fraction of sp³-hybridized carbons (Fsp3) is 0.143. The lowest BCUT2D eigenvalue weighted by molar-refractivity contribution is 0.0992. The minimum atomic E-state index is -0.0366. The van der Waals surface area contributed by atoms with E-state index in [9.17, 15) is 4.79 Å². The van der Waals surface area contributed by atoms with Crippen LogP contribution < -0.4 is 14.2 Å². The van der Waals surface area contributed by atoms with Crippen LogP contribution in [0.5, 0.6) is 16.7 Å². The zero-order valence-electron chi connectivity index (χ0n) is 20.9. The van der Waals surface area contributed by atoms with Crippen LogP contribution in [0, 0.1) is 0 Å². The summed E-state index contributed by atoms with van der Waals surface area (Å²) in [7, 11) is 3.16. The number of carbonyl (C=O) groups excluding carboxylic acids is 1. The maximum Gasteiger partial charge on any atom is 0.294 e. The molecule has 2 aromatic carbocycles. The smallest absolute Gasteiger partial charge is 0.294 e. The second-order valence-electron chi connectivity index (χ2n) is 8.65. The Kier molecular flexibility index (Phi) is 6.64. The molecular weight excluding hydrogens is 540 g/mol. The van der Waals surface area contributed by atoms with E-state index >= 15 is 0 Å². The summed E-state index contributed by atoms with van der Waals surface area (Å²) in [6.07, 6.45) is 3.52. The van der Waals surface area contributed by atoms with E-state index in [4.69, 9.17) is 30.2 Å². The van der Waals surface area contributed by atoms with Gasteiger partial charge in [-0.25, -0.2) is 14.5 Å². The Balaban J connectivity index is 1.23. The van der Waals surface area contributed by atoms with E-state index < -0.39 is 0 Å². The predicted octanol–water partition coefficient (Wildman–Crippen LogP) is 6.27. The number of imidazole rings is 1. The third-order valence-corrected chi connectivity index (χ3v) is 7.17. The molecule has 0 saturated heterocycles. The van der Waals surface area contributed by atoms with Crippen molar-refractivity contribution < 1.29 is 23.4 Å². The molecule has 9 nitrogen and oxygen atoms in total. The highest BCUT2D eigenvalue weighted by Gasteiger charge is 2.17. The van der Waals surface area contributed by atoms with Gasteiger partial charge in [-0.05, 0) is 40.7 Å². The van der Waals surface area contributed by atoms with Crippen molar-refractivity contribution in [3.63, 3.8) is 0 Å². The lowest BCUT2D eigenvalue weighted by Crippen LogP contribution is -2.05. The number of carbonyl (C=O) groups is 1. The summed E-state index contributed by atoms with van der Waals surface area (Å²) in [6, 6.07) is 16.5. The van der Waals surface area contributed by atoms with Gasteiger partial charge >= 0.3 is 0 Å². The molecule has 0 fully saturated rings. The van der Waals surface area contributed by atoms with Crippen molar-refractivity contribution in [2.45, 2.75) is 13.0 Å². The molecule has 0 amide bonds. The molecule has 39 heavy (non-hydrogen) atoms. The van der Waals surface area contributed by atoms with E-state index in [2.05, 4.69) is 15.1 Å². The van der Waals surface area contributed by atoms with E-state index in [1.165, 1.54) is 17.5 Å². The number of methoxy groups -OCH3 is 2. The number of ketones is 1. The number of hydrogen-bond acceptors (Lipinski definition) is 9. The number of Topliss-reactive ketones (excluding diaryl/α,β-unsaturated/α-hetero) is 1. The number of nitrogens with zero attached hydrogens (tertiary/aromatic N) is 4. The average Bonchev–Trinajstić information content (AvgIpc) is 3.65. The fourth-order valence-electron chi connectivity index (χ4n) is 4.15. The maximum atomic E-state index is 12.7. The summed E-state index contributed by atoms with van der Waals surface area (Å²) in [4.78, 5) is 22.0. The quantitative estimate of drug-likeness (QED) is 0.150. The summed E-state index contributed by atoms with van der Waals surface area (Å²) in [5.41, 5.74) is 3.57. The standard InChI is InChI=1S/C28H21ClN4O5S/c1-35-19-10-23(20-12-25(38-24(20)11-19)21-14-33-27(31-21)39-28(32-33)36-2)37-15-17-5-3-4-16(8-17)9-22(34)18-6-7-26(29)30-13-18/h3-8,10-14H,9,15H2,1-2H3. The monoisotopic (exact) mass is 560 g/mol. The third kappa shape index (κ3) is 5.16. The molecule has 6 rings (SSSR count). The SMILES string of the molecule is COc1cc(OCc2cccc(CC(=O)c3ccc(Cl)nc3)c2)c2cc(-c3cn4nc(OC)sc4n3)oc2c1. The molecule has 0 bridgehead atoms. The van der Waals surface area contributed by atoms with Crippen LogP contribution in [0.2, 0.25) is 5.15 Å². The Bertz CT molecular complexity index is 1780. The summed E-state index contributed by atoms with van der Waals surface area (Å²) < 4.78 is 24.6. The molecule has 4 heterocycles. The van der Waals surface area contributed by atoms with Gasteiger partial charge in [0.25, 0.3) is 5.19 Å². The molecule has 0 aliphatic heterocycles. The lowest BCUT2D eigenvalue weighted by Gasteiger charge is -2.10. The highest BCUT2D eigenvalue weighted by molar-refractivity contribution is 7.18. The minimum absolute atomic E-state index is 0.0366. The van der Waals surface area contributed by atoms with Crippen molar-refractivity contribution in [2.24, 2.45) is 0 Å². The Morgan fingerprint density at radius 2 is 1.95 bits per heavy atom. The Morgan fingerprint density at radius 1 is 1.08 bits per heavy atom. The van der Waals surface area contributed by atoms with Gasteiger partial charge in [-0.1, -0.05) is 35.9 Å². The molecule has 6 aromatic rings. The van der Waals surface area contributed by atoms with Gasteiger partial charge < -0.3 is 18.6 Å². The highest BCUT2D eigenvalue weighted by atomic mass is 35.5. The number of hydrogen-bond donors (Lipinski definition) is 0. The van der Waals surface area contributed by atoms with Crippen LogP contribution in [0.15, 0.2) is 71.4 Å². The van der Waals surface area contributed by atoms with Gasteiger partial charge in [0.15, 0.2) is 11.5 Å². The molecule has 0 unspecified atom stereocenters. The van der Waals surface area contributed by atoms with Crippen molar-refractivity contribution >= 4 is 44.7 Å². The first-order valence-electron chi connectivity index (χ1n) is 11.9. The summed E-state index contributed by atoms with van der Waals surface area (Å²) in [5, 5.41) is 5.99. The van der Waals surface area contributed by atoms with E-state index in [1.54, 1.807) is 37.1 Å². The van der Waals surface area contributed by atoms with Crippen molar-refractivity contribution in [3.8, 4) is 28.1 Å². The Hall–Kier alpha value is -4.41. The molecule has 196 valence electrons. The number of ether oxygens (including phenoxy) is 3. The summed E-state index contributed by atoms with van der Waals surface area (Å²) in [6.45, 7) is 0.289. The molecule has 4 aromatic heterocycles. The van der Waals surface area contributed by atoms with Crippen molar-refractivity contribution in [1.29, 1.82) is 0 Å². The first-order valence-corrected chi connectivity index (χ1v) is 13.1. The van der Waals surface area contributed by atoms with Crippen molar-refractivity contribution in [1.82, 2.24) is 19.6 Å². The van der Waals surface area contributed by atoms with Crippen LogP contribution in [0.1, 0.15) is 21.5 Å². The van der Waals surface area contributed by atoms with Crippen LogP contribution in [0.3, 0.4) is 0 Å². The normalized spacial score (nSPS) is 11.3. The first kappa shape index (κ1) is 24.9. The van der Waals surface area contributed by atoms with Gasteiger partial charge in [0.1, 0.15) is 34.5 Å². The van der Waals surface area contributed by atoms with E-state index in [1.807, 2.05) is 42.5 Å². The molecule has 0 atom stereocenters. The number of fused-ring (bicyclic) bond motifs is 2. The molecule has 0 spiro atoms. The van der Waals surface area contributed by atoms with Gasteiger partial charge in [-0.15, -0.1) is 5.10 Å². The molecule has 0 radical (unpaired) electrons. The largest absolute Gasteiger partial charge is 0.496 e. The van der Waals surface area contributed by atoms with Gasteiger partial charge in [-0.3, -0.25) is 4.79 Å². The molecule has 0 saturated carbocycles. The van der Waals surface area contributed by atoms with Crippen molar-refractivity contribution in [3.05, 3.63) is 88.8 Å². The van der Waals surface area contributed by atoms with Crippen LogP contribution >= 0.6 is 22.9 Å². The van der Waals surface area contributed by atoms with E-state index in [0.29, 0.717) is 49.4 Å². The molecular formula is C28H21ClN4O5S. The fourth-order valence-corrected chi connectivity index (χ4v) is 4.96. The van der Waals surface area contributed by atoms with Crippen LogP contribution in [0.25, 0.3) is 27.4 Å². The van der Waals surface area contributed by atoms with Gasteiger partial charge in [-0.2, -0.15) is 0 Å². The van der Waals surface area contributed by atoms with Crippen LogP contribution in [-0.4, -0.2) is 39.6 Å². The predicted molar refractivity (Wildman–Crippen MR) is 147 cm³/mol. The van der Waals surface area contributed by atoms with Gasteiger partial charge in [0.2, 0.25) is 4.96 Å². The topological polar surface area (TPSA) is 101 Å². The minimum Gasteiger partial charge on any atom is -0.496 e. The second kappa shape index (κ2) is 10.4. The molecule has 11 heteroatoms. The van der Waals surface area contributed by atoms with Crippen molar-refractivity contribution in [2.75, 3.05) is 14.2 Å². The zero-order valence-corrected chi connectivity index (χ0v) is 22.5. The van der Waals surface area contributed by atoms with Gasteiger partial charge in [0.05, 0.1) is 25.8 Å². The molecule has 0 aliphatic rings. The Labute approximate surface area is 231 Å². The number of benzene rings is 2. The zero-order chi connectivity index (χ0) is 26.9. The number of halogens is 1. The third-order valence-electron chi connectivity index (χ3n) is 6.06.